The van der Waals surface area contributed by atoms with E-state index in [-0.39, 0.29) is 17.7 Å². The van der Waals surface area contributed by atoms with Crippen molar-refractivity contribution < 1.29 is 14.3 Å². The summed E-state index contributed by atoms with van der Waals surface area (Å²) in [7, 11) is 1.64. The monoisotopic (exact) mass is 338 g/mol. The van der Waals surface area contributed by atoms with E-state index in [9.17, 15) is 9.59 Å². The maximum Gasteiger partial charge on any atom is 0.251 e. The van der Waals surface area contributed by atoms with Crippen molar-refractivity contribution in [3.8, 4) is 5.75 Å². The minimum Gasteiger partial charge on any atom is -0.497 e. The zero-order valence-electron chi connectivity index (χ0n) is 14.2. The molecule has 1 aliphatic carbocycles. The smallest absolute Gasteiger partial charge is 0.251 e. The summed E-state index contributed by atoms with van der Waals surface area (Å²) in [5.41, 5.74) is 2.45. The summed E-state index contributed by atoms with van der Waals surface area (Å²) in [6, 6.07) is 14.8. The second-order valence-corrected chi connectivity index (χ2v) is 6.19. The van der Waals surface area contributed by atoms with Crippen molar-refractivity contribution in [3.63, 3.8) is 0 Å². The fourth-order valence-electron chi connectivity index (χ4n) is 2.51. The van der Waals surface area contributed by atoms with Gasteiger partial charge in [0.2, 0.25) is 5.91 Å². The van der Waals surface area contributed by atoms with Crippen LogP contribution >= 0.6 is 0 Å². The van der Waals surface area contributed by atoms with Crippen LogP contribution in [-0.4, -0.2) is 25.5 Å². The Balaban J connectivity index is 1.46. The molecule has 130 valence electrons. The molecule has 25 heavy (non-hydrogen) atoms. The first-order valence-corrected chi connectivity index (χ1v) is 8.48. The van der Waals surface area contributed by atoms with Gasteiger partial charge in [0.1, 0.15) is 5.75 Å². The molecule has 0 atom stereocenters. The molecule has 0 heterocycles. The lowest BCUT2D eigenvalue weighted by Crippen LogP contribution is -2.25. The highest BCUT2D eigenvalue weighted by molar-refractivity contribution is 5.96. The lowest BCUT2D eigenvalue weighted by atomic mass is 10.1. The van der Waals surface area contributed by atoms with E-state index in [1.54, 1.807) is 31.4 Å². The second kappa shape index (κ2) is 7.83. The van der Waals surface area contributed by atoms with Crippen LogP contribution in [0.5, 0.6) is 5.75 Å². The third-order valence-electron chi connectivity index (χ3n) is 4.22. The predicted molar refractivity (Wildman–Crippen MR) is 96.8 cm³/mol. The molecule has 0 aromatic heterocycles. The number of carbonyl (C=O) groups is 2. The summed E-state index contributed by atoms with van der Waals surface area (Å²) >= 11 is 0. The zero-order chi connectivity index (χ0) is 17.6. The van der Waals surface area contributed by atoms with E-state index in [0.717, 1.165) is 36.3 Å². The van der Waals surface area contributed by atoms with Gasteiger partial charge >= 0.3 is 0 Å². The van der Waals surface area contributed by atoms with Crippen LogP contribution in [0, 0.1) is 5.92 Å². The van der Waals surface area contributed by atoms with Gasteiger partial charge in [0.15, 0.2) is 0 Å². The Morgan fingerprint density at radius 2 is 1.72 bits per heavy atom. The maximum atomic E-state index is 12.2. The van der Waals surface area contributed by atoms with E-state index < -0.39 is 0 Å². The Hall–Kier alpha value is -2.82. The number of hydrogen-bond acceptors (Lipinski definition) is 3. The van der Waals surface area contributed by atoms with E-state index in [2.05, 4.69) is 10.6 Å². The maximum absolute atomic E-state index is 12.2. The highest BCUT2D eigenvalue weighted by atomic mass is 16.5. The first-order chi connectivity index (χ1) is 12.2. The van der Waals surface area contributed by atoms with E-state index in [1.807, 2.05) is 24.3 Å². The van der Waals surface area contributed by atoms with Gasteiger partial charge in [0, 0.05) is 23.7 Å². The fraction of sp³-hybridized carbons (Fsp3) is 0.300. The number of amides is 2. The van der Waals surface area contributed by atoms with Gasteiger partial charge in [-0.05, 0) is 61.2 Å². The van der Waals surface area contributed by atoms with Crippen LogP contribution in [0.3, 0.4) is 0 Å². The number of nitrogens with one attached hydrogen (secondary N) is 2. The summed E-state index contributed by atoms with van der Waals surface area (Å²) in [5.74, 6) is 0.938. The quantitative estimate of drug-likeness (QED) is 0.815. The van der Waals surface area contributed by atoms with Crippen molar-refractivity contribution in [2.75, 3.05) is 19.0 Å². The molecule has 5 nitrogen and oxygen atoms in total. The molecule has 2 aromatic carbocycles. The van der Waals surface area contributed by atoms with Gasteiger partial charge in [-0.15, -0.1) is 0 Å². The lowest BCUT2D eigenvalue weighted by molar-refractivity contribution is -0.117. The number of rotatable bonds is 7. The average molecular weight is 338 g/mol. The highest BCUT2D eigenvalue weighted by Crippen LogP contribution is 2.30. The molecule has 0 radical (unpaired) electrons. The highest BCUT2D eigenvalue weighted by Gasteiger charge is 2.29. The van der Waals surface area contributed by atoms with Crippen molar-refractivity contribution in [3.05, 3.63) is 59.7 Å². The first-order valence-electron chi connectivity index (χ1n) is 8.48. The topological polar surface area (TPSA) is 67.4 Å². The molecule has 0 bridgehead atoms. The number of benzene rings is 2. The van der Waals surface area contributed by atoms with Crippen molar-refractivity contribution >= 4 is 17.5 Å². The van der Waals surface area contributed by atoms with Crippen LogP contribution in [0.15, 0.2) is 48.5 Å². The van der Waals surface area contributed by atoms with Crippen LogP contribution in [-0.2, 0) is 11.2 Å². The van der Waals surface area contributed by atoms with Gasteiger partial charge in [-0.25, -0.2) is 0 Å². The third kappa shape index (κ3) is 4.83. The van der Waals surface area contributed by atoms with E-state index in [0.29, 0.717) is 12.1 Å². The third-order valence-corrected chi connectivity index (χ3v) is 4.22. The standard InChI is InChI=1S/C20H22N2O3/c1-25-18-10-2-14(3-11-18)12-13-21-19(23)15-6-8-17(9-7-15)22-20(24)16-4-5-16/h2-3,6-11,16H,4-5,12-13H2,1H3,(H,21,23)(H,22,24). The summed E-state index contributed by atoms with van der Waals surface area (Å²) in [5, 5.41) is 5.77. The van der Waals surface area contributed by atoms with Crippen molar-refractivity contribution in [2.24, 2.45) is 5.92 Å². The number of ether oxygens (including phenoxy) is 1. The summed E-state index contributed by atoms with van der Waals surface area (Å²) in [6.07, 6.45) is 2.70. The van der Waals surface area contributed by atoms with Gasteiger partial charge in [0.05, 0.1) is 7.11 Å². The summed E-state index contributed by atoms with van der Waals surface area (Å²) < 4.78 is 5.12. The second-order valence-electron chi connectivity index (χ2n) is 6.19. The minimum absolute atomic E-state index is 0.0664. The van der Waals surface area contributed by atoms with Crippen LogP contribution in [0.4, 0.5) is 5.69 Å². The van der Waals surface area contributed by atoms with Crippen LogP contribution in [0.1, 0.15) is 28.8 Å². The molecule has 2 N–H and O–H groups in total. The Morgan fingerprint density at radius 3 is 2.32 bits per heavy atom. The van der Waals surface area contributed by atoms with E-state index >= 15 is 0 Å². The Kier molecular flexibility index (Phi) is 5.33. The number of hydrogen-bond donors (Lipinski definition) is 2. The molecule has 0 aliphatic heterocycles. The largest absolute Gasteiger partial charge is 0.497 e. The molecule has 0 spiro atoms. The van der Waals surface area contributed by atoms with Gasteiger partial charge in [-0.1, -0.05) is 12.1 Å². The van der Waals surface area contributed by atoms with Gasteiger partial charge in [-0.2, -0.15) is 0 Å². The predicted octanol–water partition coefficient (Wildman–Crippen LogP) is 3.02. The molecule has 0 saturated heterocycles. The van der Waals surface area contributed by atoms with E-state index in [1.165, 1.54) is 0 Å². The molecule has 1 saturated carbocycles. The SMILES string of the molecule is COc1ccc(CCNC(=O)c2ccc(NC(=O)C3CC3)cc2)cc1. The van der Waals surface area contributed by atoms with Crippen LogP contribution in [0.2, 0.25) is 0 Å². The minimum atomic E-state index is -0.117. The first kappa shape index (κ1) is 17.0. The van der Waals surface area contributed by atoms with E-state index in [4.69, 9.17) is 4.74 Å². The summed E-state index contributed by atoms with van der Waals surface area (Å²) in [6.45, 7) is 0.561. The molecule has 1 fully saturated rings. The molecule has 2 aromatic rings. The number of methoxy groups -OCH3 is 1. The lowest BCUT2D eigenvalue weighted by Gasteiger charge is -2.08. The molecule has 1 aliphatic rings. The number of carbonyl (C=O) groups excluding carboxylic acids is 2. The fourth-order valence-corrected chi connectivity index (χ4v) is 2.51. The van der Waals surface area contributed by atoms with Crippen molar-refractivity contribution in [2.45, 2.75) is 19.3 Å². The van der Waals surface area contributed by atoms with Crippen molar-refractivity contribution in [1.29, 1.82) is 0 Å². The Morgan fingerprint density at radius 1 is 1.04 bits per heavy atom. The normalized spacial score (nSPS) is 13.2. The molecular weight excluding hydrogens is 316 g/mol. The van der Waals surface area contributed by atoms with Crippen LogP contribution in [0.25, 0.3) is 0 Å². The van der Waals surface area contributed by atoms with Crippen LogP contribution < -0.4 is 15.4 Å². The van der Waals surface area contributed by atoms with Gasteiger partial charge in [0.25, 0.3) is 5.91 Å². The Labute approximate surface area is 147 Å². The molecule has 3 rings (SSSR count). The molecule has 5 heteroatoms. The van der Waals surface area contributed by atoms with Gasteiger partial charge < -0.3 is 15.4 Å². The van der Waals surface area contributed by atoms with Gasteiger partial charge in [-0.3, -0.25) is 9.59 Å². The number of anilines is 1. The Bertz CT molecular complexity index is 735. The zero-order valence-corrected chi connectivity index (χ0v) is 14.2. The molecule has 0 unspecified atom stereocenters. The average Bonchev–Trinajstić information content (AvgIpc) is 3.48. The molecule has 2 amide bonds. The summed E-state index contributed by atoms with van der Waals surface area (Å²) in [4.78, 5) is 23.9. The van der Waals surface area contributed by atoms with Crippen molar-refractivity contribution in [1.82, 2.24) is 5.32 Å². The molecular formula is C20H22N2O3.